The highest BCUT2D eigenvalue weighted by Gasteiger charge is 2.36. The summed E-state index contributed by atoms with van der Waals surface area (Å²) in [5, 5.41) is 10.4. The summed E-state index contributed by atoms with van der Waals surface area (Å²) in [6.07, 6.45) is -4.94. The van der Waals surface area contributed by atoms with Crippen molar-refractivity contribution >= 4 is 21.7 Å². The van der Waals surface area contributed by atoms with Crippen LogP contribution in [0.2, 0.25) is 0 Å². The Morgan fingerprint density at radius 2 is 2.17 bits per heavy atom. The number of alkyl halides is 4. The summed E-state index contributed by atoms with van der Waals surface area (Å²) < 4.78 is 44.9. The summed E-state index contributed by atoms with van der Waals surface area (Å²) in [6.45, 7) is 0. The Labute approximate surface area is 107 Å². The number of hydrogen-bond acceptors (Lipinski definition) is 5. The van der Waals surface area contributed by atoms with Gasteiger partial charge in [-0.15, -0.1) is 13.2 Å². The van der Waals surface area contributed by atoms with Gasteiger partial charge in [0.2, 0.25) is 11.4 Å². The molecule has 1 aromatic heterocycles. The predicted octanol–water partition coefficient (Wildman–Crippen LogP) is 2.79. The highest BCUT2D eigenvalue weighted by molar-refractivity contribution is 9.08. The van der Waals surface area contributed by atoms with Gasteiger partial charge in [0.1, 0.15) is 0 Å². The molecule has 0 saturated heterocycles. The van der Waals surface area contributed by atoms with E-state index in [1.165, 1.54) is 0 Å². The number of halogens is 4. The van der Waals surface area contributed by atoms with Crippen molar-refractivity contribution in [3.8, 4) is 11.5 Å². The molecule has 0 aliphatic rings. The average molecular weight is 331 g/mol. The van der Waals surface area contributed by atoms with Crippen molar-refractivity contribution in [3.63, 3.8) is 0 Å². The van der Waals surface area contributed by atoms with Crippen molar-refractivity contribution in [2.75, 3.05) is 7.11 Å². The first-order chi connectivity index (χ1) is 8.28. The summed E-state index contributed by atoms with van der Waals surface area (Å²) >= 11 is 2.87. The van der Waals surface area contributed by atoms with Gasteiger partial charge in [-0.2, -0.15) is 0 Å². The number of nitrogens with zero attached hydrogens (tertiary/aromatic N) is 2. The van der Waals surface area contributed by atoms with Gasteiger partial charge in [-0.1, -0.05) is 15.9 Å². The van der Waals surface area contributed by atoms with E-state index in [0.29, 0.717) is 0 Å². The summed E-state index contributed by atoms with van der Waals surface area (Å²) in [4.78, 5) is 13.1. The molecule has 1 aromatic rings. The standard InChI is InChI=1S/C8H6BrF3N2O4/c1-17-5-2-6(14(15)16)13-4(3-9)7(5)18-8(10,11)12/h2H,3H2,1H3. The number of methoxy groups -OCH3 is 1. The molecule has 0 bridgehead atoms. The molecule has 18 heavy (non-hydrogen) atoms. The van der Waals surface area contributed by atoms with E-state index in [1.54, 1.807) is 0 Å². The summed E-state index contributed by atoms with van der Waals surface area (Å²) in [5.41, 5.74) is -0.279. The summed E-state index contributed by atoms with van der Waals surface area (Å²) in [6, 6.07) is 0.757. The Morgan fingerprint density at radius 1 is 1.56 bits per heavy atom. The van der Waals surface area contributed by atoms with Crippen molar-refractivity contribution in [1.82, 2.24) is 4.98 Å². The Morgan fingerprint density at radius 3 is 2.56 bits per heavy atom. The van der Waals surface area contributed by atoms with Gasteiger partial charge in [0.05, 0.1) is 18.5 Å². The Hall–Kier alpha value is -1.58. The molecule has 0 N–H and O–H groups in total. The molecule has 100 valence electrons. The van der Waals surface area contributed by atoms with Crippen LogP contribution in [-0.4, -0.2) is 23.4 Å². The van der Waals surface area contributed by atoms with E-state index in [9.17, 15) is 23.3 Å². The molecule has 10 heteroatoms. The van der Waals surface area contributed by atoms with Crippen molar-refractivity contribution in [3.05, 3.63) is 21.9 Å². The van der Waals surface area contributed by atoms with E-state index in [1.807, 2.05) is 0 Å². The van der Waals surface area contributed by atoms with Crippen LogP contribution in [0.5, 0.6) is 11.5 Å². The third kappa shape index (κ3) is 3.45. The molecular weight excluding hydrogens is 325 g/mol. The fourth-order valence-corrected chi connectivity index (χ4v) is 1.49. The molecule has 0 amide bonds. The van der Waals surface area contributed by atoms with Crippen molar-refractivity contribution in [1.29, 1.82) is 0 Å². The van der Waals surface area contributed by atoms with Crippen LogP contribution in [0.4, 0.5) is 19.0 Å². The number of rotatable bonds is 4. The number of aromatic nitrogens is 1. The molecule has 0 aliphatic carbocycles. The van der Waals surface area contributed by atoms with E-state index in [4.69, 9.17) is 0 Å². The van der Waals surface area contributed by atoms with Crippen molar-refractivity contribution in [2.24, 2.45) is 0 Å². The molecule has 0 aromatic carbocycles. The maximum absolute atomic E-state index is 12.2. The zero-order valence-corrected chi connectivity index (χ0v) is 10.4. The monoisotopic (exact) mass is 330 g/mol. The smallest absolute Gasteiger partial charge is 0.492 e. The van der Waals surface area contributed by atoms with Crippen LogP contribution in [0, 0.1) is 10.1 Å². The quantitative estimate of drug-likeness (QED) is 0.482. The molecule has 0 spiro atoms. The molecule has 6 nitrogen and oxygen atoms in total. The molecular formula is C8H6BrF3N2O4. The highest BCUT2D eigenvalue weighted by atomic mass is 79.9. The van der Waals surface area contributed by atoms with E-state index in [2.05, 4.69) is 30.4 Å². The lowest BCUT2D eigenvalue weighted by atomic mass is 10.3. The second-order valence-corrected chi connectivity index (χ2v) is 3.46. The van der Waals surface area contributed by atoms with E-state index in [-0.39, 0.29) is 11.0 Å². The minimum atomic E-state index is -4.94. The lowest BCUT2D eigenvalue weighted by molar-refractivity contribution is -0.389. The SMILES string of the molecule is COc1cc([N+](=O)[O-])nc(CBr)c1OC(F)(F)F. The van der Waals surface area contributed by atoms with Crippen LogP contribution in [0.15, 0.2) is 6.07 Å². The first-order valence-electron chi connectivity index (χ1n) is 4.32. The maximum atomic E-state index is 12.2. The minimum Gasteiger partial charge on any atom is -0.492 e. The third-order valence-electron chi connectivity index (χ3n) is 1.75. The fourth-order valence-electron chi connectivity index (χ4n) is 1.11. The van der Waals surface area contributed by atoms with Gasteiger partial charge in [0, 0.05) is 0 Å². The molecule has 0 atom stereocenters. The van der Waals surface area contributed by atoms with Crippen molar-refractivity contribution in [2.45, 2.75) is 11.7 Å². The number of ether oxygens (including phenoxy) is 2. The first kappa shape index (κ1) is 14.5. The highest BCUT2D eigenvalue weighted by Crippen LogP contribution is 2.37. The lowest BCUT2D eigenvalue weighted by Crippen LogP contribution is -2.19. The van der Waals surface area contributed by atoms with Gasteiger partial charge in [0.25, 0.3) is 0 Å². The molecule has 1 rings (SSSR count). The molecule has 0 fully saturated rings. The second-order valence-electron chi connectivity index (χ2n) is 2.90. The third-order valence-corrected chi connectivity index (χ3v) is 2.28. The fraction of sp³-hybridized carbons (Fsp3) is 0.375. The van der Waals surface area contributed by atoms with E-state index < -0.39 is 28.6 Å². The summed E-state index contributed by atoms with van der Waals surface area (Å²) in [5.74, 6) is -1.74. The predicted molar refractivity (Wildman–Crippen MR) is 56.8 cm³/mol. The molecule has 0 saturated carbocycles. The van der Waals surface area contributed by atoms with Gasteiger partial charge in [-0.05, 0) is 9.91 Å². The molecule has 1 heterocycles. The molecule has 0 radical (unpaired) electrons. The molecule has 0 unspecified atom stereocenters. The largest absolute Gasteiger partial charge is 0.573 e. The van der Waals surface area contributed by atoms with Crippen LogP contribution in [0.1, 0.15) is 5.69 Å². The van der Waals surface area contributed by atoms with Crippen LogP contribution in [0.25, 0.3) is 0 Å². The van der Waals surface area contributed by atoms with Crippen LogP contribution < -0.4 is 9.47 Å². The Kier molecular flexibility index (Phi) is 4.33. The van der Waals surface area contributed by atoms with Gasteiger partial charge in [-0.3, -0.25) is 0 Å². The topological polar surface area (TPSA) is 74.5 Å². The van der Waals surface area contributed by atoms with E-state index in [0.717, 1.165) is 13.2 Å². The lowest BCUT2D eigenvalue weighted by Gasteiger charge is -2.12. The van der Waals surface area contributed by atoms with Crippen LogP contribution in [-0.2, 0) is 5.33 Å². The Bertz CT molecular complexity index is 441. The normalized spacial score (nSPS) is 11.2. The average Bonchev–Trinajstić information content (AvgIpc) is 2.26. The number of nitro groups is 1. The zero-order chi connectivity index (χ0) is 13.9. The van der Waals surface area contributed by atoms with Crippen LogP contribution in [0.3, 0.4) is 0 Å². The maximum Gasteiger partial charge on any atom is 0.573 e. The molecule has 0 aliphatic heterocycles. The Balaban J connectivity index is 3.34. The van der Waals surface area contributed by atoms with Crippen LogP contribution >= 0.6 is 15.9 Å². The number of pyridine rings is 1. The van der Waals surface area contributed by atoms with Gasteiger partial charge >= 0.3 is 12.2 Å². The van der Waals surface area contributed by atoms with Gasteiger partial charge in [0.15, 0.2) is 5.75 Å². The second kappa shape index (κ2) is 5.38. The summed E-state index contributed by atoms with van der Waals surface area (Å²) in [7, 11) is 1.07. The van der Waals surface area contributed by atoms with Gasteiger partial charge < -0.3 is 19.6 Å². The van der Waals surface area contributed by atoms with E-state index >= 15 is 0 Å². The zero-order valence-electron chi connectivity index (χ0n) is 8.82. The van der Waals surface area contributed by atoms with Crippen molar-refractivity contribution < 1.29 is 27.6 Å². The number of hydrogen-bond donors (Lipinski definition) is 0. The minimum absolute atomic E-state index is 0.156. The first-order valence-corrected chi connectivity index (χ1v) is 5.44. The van der Waals surface area contributed by atoms with Gasteiger partial charge in [-0.25, -0.2) is 0 Å².